The van der Waals surface area contributed by atoms with Crippen molar-refractivity contribution in [2.24, 2.45) is 7.05 Å². The predicted molar refractivity (Wildman–Crippen MR) is 63.0 cm³/mol. The van der Waals surface area contributed by atoms with Crippen LogP contribution in [0.15, 0.2) is 11.4 Å². The van der Waals surface area contributed by atoms with Crippen molar-refractivity contribution in [3.8, 4) is 10.4 Å². The Bertz CT molecular complexity index is 554. The number of carbonyl (C=O) groups is 1. The number of nitrogens with zero attached hydrogens (tertiary/aromatic N) is 2. The number of aryl methyl sites for hydroxylation is 2. The van der Waals surface area contributed by atoms with E-state index in [1.54, 1.807) is 11.4 Å². The number of thiophene rings is 1. The lowest BCUT2D eigenvalue weighted by atomic mass is 10.1. The number of aromatic nitrogens is 2. The number of carboxylic acid groups (broad SMARTS) is 1. The first-order valence-corrected chi connectivity index (χ1v) is 5.71. The van der Waals surface area contributed by atoms with E-state index in [1.165, 1.54) is 11.3 Å². The van der Waals surface area contributed by atoms with Crippen molar-refractivity contribution in [2.75, 3.05) is 0 Å². The summed E-state index contributed by atoms with van der Waals surface area (Å²) in [7, 11) is 1.89. The highest BCUT2D eigenvalue weighted by Crippen LogP contribution is 2.32. The van der Waals surface area contributed by atoms with Crippen LogP contribution in [0.1, 0.15) is 21.7 Å². The summed E-state index contributed by atoms with van der Waals surface area (Å²) in [6.45, 7) is 3.91. The van der Waals surface area contributed by atoms with Crippen LogP contribution in [0.5, 0.6) is 0 Å². The van der Waals surface area contributed by atoms with Crippen molar-refractivity contribution in [3.05, 3.63) is 28.4 Å². The summed E-state index contributed by atoms with van der Waals surface area (Å²) in [5, 5.41) is 14.8. The van der Waals surface area contributed by atoms with Gasteiger partial charge in [0.25, 0.3) is 0 Å². The topological polar surface area (TPSA) is 55.1 Å². The summed E-state index contributed by atoms with van der Waals surface area (Å²) in [5.74, 6) is -0.887. The number of hydrogen-bond donors (Lipinski definition) is 1. The molecular formula is C11H12N2O2S. The SMILES string of the molecule is Cc1nn(C)c(C)c1-c1cc(C(=O)O)cs1. The zero-order chi connectivity index (χ0) is 11.9. The summed E-state index contributed by atoms with van der Waals surface area (Å²) >= 11 is 1.44. The highest BCUT2D eigenvalue weighted by Gasteiger charge is 2.15. The molecule has 0 saturated carbocycles. The van der Waals surface area contributed by atoms with E-state index in [4.69, 9.17) is 5.11 Å². The maximum atomic E-state index is 10.8. The zero-order valence-electron chi connectivity index (χ0n) is 9.31. The largest absolute Gasteiger partial charge is 0.478 e. The van der Waals surface area contributed by atoms with Crippen molar-refractivity contribution < 1.29 is 9.90 Å². The smallest absolute Gasteiger partial charge is 0.336 e. The van der Waals surface area contributed by atoms with E-state index in [0.717, 1.165) is 21.8 Å². The van der Waals surface area contributed by atoms with Crippen molar-refractivity contribution >= 4 is 17.3 Å². The molecule has 1 N–H and O–H groups in total. The summed E-state index contributed by atoms with van der Waals surface area (Å²) in [5.41, 5.74) is 3.36. The Morgan fingerprint density at radius 3 is 2.62 bits per heavy atom. The lowest BCUT2D eigenvalue weighted by molar-refractivity contribution is 0.0697. The van der Waals surface area contributed by atoms with E-state index >= 15 is 0 Å². The molecule has 0 spiro atoms. The van der Waals surface area contributed by atoms with Crippen molar-refractivity contribution in [1.29, 1.82) is 0 Å². The van der Waals surface area contributed by atoms with Crippen LogP contribution in [0.4, 0.5) is 0 Å². The van der Waals surface area contributed by atoms with Gasteiger partial charge in [0.15, 0.2) is 0 Å². The Morgan fingerprint density at radius 2 is 2.19 bits per heavy atom. The maximum Gasteiger partial charge on any atom is 0.336 e. The van der Waals surface area contributed by atoms with Crippen LogP contribution in [-0.4, -0.2) is 20.9 Å². The van der Waals surface area contributed by atoms with Gasteiger partial charge in [-0.15, -0.1) is 11.3 Å². The predicted octanol–water partition coefficient (Wildman–Crippen LogP) is 2.46. The van der Waals surface area contributed by atoms with E-state index in [0.29, 0.717) is 5.56 Å². The monoisotopic (exact) mass is 236 g/mol. The third-order valence-corrected chi connectivity index (χ3v) is 3.55. The van der Waals surface area contributed by atoms with Crippen molar-refractivity contribution in [2.45, 2.75) is 13.8 Å². The van der Waals surface area contributed by atoms with Crippen molar-refractivity contribution in [1.82, 2.24) is 9.78 Å². The second kappa shape index (κ2) is 3.75. The van der Waals surface area contributed by atoms with Gasteiger partial charge in [0.05, 0.1) is 11.3 Å². The minimum atomic E-state index is -0.887. The highest BCUT2D eigenvalue weighted by atomic mass is 32.1. The van der Waals surface area contributed by atoms with E-state index in [1.807, 2.05) is 25.6 Å². The van der Waals surface area contributed by atoms with Crippen LogP contribution in [-0.2, 0) is 7.05 Å². The third kappa shape index (κ3) is 1.63. The molecule has 0 amide bonds. The second-order valence-corrected chi connectivity index (χ2v) is 4.59. The number of rotatable bonds is 2. The summed E-state index contributed by atoms with van der Waals surface area (Å²) in [6.07, 6.45) is 0. The van der Waals surface area contributed by atoms with Crippen LogP contribution < -0.4 is 0 Å². The Hall–Kier alpha value is -1.62. The molecular weight excluding hydrogens is 224 g/mol. The average molecular weight is 236 g/mol. The van der Waals surface area contributed by atoms with Gasteiger partial charge in [0.2, 0.25) is 0 Å². The molecule has 0 radical (unpaired) electrons. The standard InChI is InChI=1S/C11H12N2O2S/c1-6-10(7(2)13(3)12-6)9-4-8(5-16-9)11(14)15/h4-5H,1-3H3,(H,14,15). The van der Waals surface area contributed by atoms with Crippen LogP contribution in [0.3, 0.4) is 0 Å². The molecule has 0 unspecified atom stereocenters. The minimum Gasteiger partial charge on any atom is -0.478 e. The fraction of sp³-hybridized carbons (Fsp3) is 0.273. The first kappa shape index (κ1) is 10.9. The molecule has 2 heterocycles. The highest BCUT2D eigenvalue weighted by molar-refractivity contribution is 7.13. The van der Waals surface area contributed by atoms with Gasteiger partial charge in [-0.25, -0.2) is 4.79 Å². The summed E-state index contributed by atoms with van der Waals surface area (Å²) < 4.78 is 1.81. The Balaban J connectivity index is 2.54. The molecule has 0 saturated heterocycles. The van der Waals surface area contributed by atoms with E-state index in [9.17, 15) is 4.79 Å². The van der Waals surface area contributed by atoms with Crippen LogP contribution in [0, 0.1) is 13.8 Å². The first-order chi connectivity index (χ1) is 7.50. The molecule has 0 fully saturated rings. The molecule has 0 aromatic carbocycles. The molecule has 0 aliphatic heterocycles. The van der Waals surface area contributed by atoms with Crippen LogP contribution in [0.2, 0.25) is 0 Å². The molecule has 0 aliphatic rings. The van der Waals surface area contributed by atoms with Gasteiger partial charge in [0, 0.05) is 28.6 Å². The maximum absolute atomic E-state index is 10.8. The molecule has 5 heteroatoms. The summed E-state index contributed by atoms with van der Waals surface area (Å²) in [4.78, 5) is 11.8. The average Bonchev–Trinajstić information content (AvgIpc) is 2.74. The van der Waals surface area contributed by atoms with Gasteiger partial charge in [0.1, 0.15) is 0 Å². The van der Waals surface area contributed by atoms with Gasteiger partial charge in [-0.05, 0) is 19.9 Å². The fourth-order valence-corrected chi connectivity index (χ4v) is 2.74. The van der Waals surface area contributed by atoms with Crippen LogP contribution in [0.25, 0.3) is 10.4 Å². The number of aromatic carboxylic acids is 1. The lowest BCUT2D eigenvalue weighted by Crippen LogP contribution is -1.92. The Morgan fingerprint density at radius 1 is 1.50 bits per heavy atom. The third-order valence-electron chi connectivity index (χ3n) is 2.60. The van der Waals surface area contributed by atoms with Gasteiger partial charge in [-0.1, -0.05) is 0 Å². The number of hydrogen-bond acceptors (Lipinski definition) is 3. The molecule has 2 aromatic rings. The normalized spacial score (nSPS) is 10.7. The first-order valence-electron chi connectivity index (χ1n) is 4.83. The van der Waals surface area contributed by atoms with E-state index in [-0.39, 0.29) is 0 Å². The van der Waals surface area contributed by atoms with Crippen molar-refractivity contribution in [3.63, 3.8) is 0 Å². The molecule has 0 bridgehead atoms. The molecule has 2 aromatic heterocycles. The molecule has 0 atom stereocenters. The van der Waals surface area contributed by atoms with Gasteiger partial charge in [-0.2, -0.15) is 5.10 Å². The zero-order valence-corrected chi connectivity index (χ0v) is 10.1. The molecule has 0 aliphatic carbocycles. The van der Waals surface area contributed by atoms with Gasteiger partial charge in [-0.3, -0.25) is 4.68 Å². The van der Waals surface area contributed by atoms with Gasteiger partial charge < -0.3 is 5.11 Å². The quantitative estimate of drug-likeness (QED) is 0.871. The molecule has 4 nitrogen and oxygen atoms in total. The molecule has 16 heavy (non-hydrogen) atoms. The number of carboxylic acids is 1. The summed E-state index contributed by atoms with van der Waals surface area (Å²) in [6, 6.07) is 1.70. The minimum absolute atomic E-state index is 0.336. The van der Waals surface area contributed by atoms with E-state index < -0.39 is 5.97 Å². The van der Waals surface area contributed by atoms with Gasteiger partial charge >= 0.3 is 5.97 Å². The van der Waals surface area contributed by atoms with Crippen LogP contribution >= 0.6 is 11.3 Å². The Kier molecular flexibility index (Phi) is 2.55. The Labute approximate surface area is 97.2 Å². The van der Waals surface area contributed by atoms with E-state index in [2.05, 4.69) is 5.10 Å². The second-order valence-electron chi connectivity index (χ2n) is 3.67. The molecule has 84 valence electrons. The fourth-order valence-electron chi connectivity index (χ4n) is 1.71. The molecule has 2 rings (SSSR count). The lowest BCUT2D eigenvalue weighted by Gasteiger charge is -1.97.